The van der Waals surface area contributed by atoms with Gasteiger partial charge in [0.1, 0.15) is 0 Å². The molecule has 0 saturated heterocycles. The van der Waals surface area contributed by atoms with Gasteiger partial charge in [0.2, 0.25) is 0 Å². The summed E-state index contributed by atoms with van der Waals surface area (Å²) in [7, 11) is 0. The Morgan fingerprint density at radius 2 is 0.889 bits per heavy atom. The summed E-state index contributed by atoms with van der Waals surface area (Å²) < 4.78 is 0. The molecule has 0 fully saturated rings. The van der Waals surface area contributed by atoms with Gasteiger partial charge < -0.3 is 0 Å². The Hall–Kier alpha value is -1.46. The summed E-state index contributed by atoms with van der Waals surface area (Å²) in [6, 6.07) is 27.3. The molecule has 0 bridgehead atoms. The van der Waals surface area contributed by atoms with Crippen LogP contribution in [-0.4, -0.2) is 22.4 Å². The SMILES string of the molecule is Br.Br.Br.Br.Cc1ccc(-c2cc(C)c(N=Cc3ccccn3)c(C)c2)cc1-c1cc(C)c(N=Cc2ccccn2)c(C)c1.[Pd].[Pd]. The summed E-state index contributed by atoms with van der Waals surface area (Å²) in [5.41, 5.74) is 14.3. The van der Waals surface area contributed by atoms with Crippen molar-refractivity contribution < 1.29 is 40.8 Å². The minimum atomic E-state index is 0. The van der Waals surface area contributed by atoms with Crippen molar-refractivity contribution in [2.75, 3.05) is 0 Å². The second kappa shape index (κ2) is 21.4. The summed E-state index contributed by atoms with van der Waals surface area (Å²) in [6.45, 7) is 10.7. The van der Waals surface area contributed by atoms with Crippen LogP contribution in [0.2, 0.25) is 0 Å². The van der Waals surface area contributed by atoms with Gasteiger partial charge in [0.15, 0.2) is 0 Å². The molecule has 0 aliphatic carbocycles. The Morgan fingerprint density at radius 3 is 1.29 bits per heavy atom. The summed E-state index contributed by atoms with van der Waals surface area (Å²) in [5, 5.41) is 0. The molecular formula is C35H36Br4N4Pd2. The Morgan fingerprint density at radius 1 is 0.467 bits per heavy atom. The van der Waals surface area contributed by atoms with E-state index in [9.17, 15) is 0 Å². The molecule has 2 heterocycles. The first-order chi connectivity index (χ1) is 18.9. The van der Waals surface area contributed by atoms with Crippen molar-refractivity contribution in [1.29, 1.82) is 0 Å². The van der Waals surface area contributed by atoms with Gasteiger partial charge in [-0.3, -0.25) is 20.0 Å². The molecule has 244 valence electrons. The summed E-state index contributed by atoms with van der Waals surface area (Å²) in [5.74, 6) is 0. The minimum Gasteiger partial charge on any atom is -0.255 e. The molecule has 0 radical (unpaired) electrons. The molecule has 0 atom stereocenters. The number of pyridine rings is 2. The van der Waals surface area contributed by atoms with Gasteiger partial charge in [0.05, 0.1) is 35.2 Å². The maximum absolute atomic E-state index is 4.76. The van der Waals surface area contributed by atoms with E-state index in [0.717, 1.165) is 45.0 Å². The average Bonchev–Trinajstić information content (AvgIpc) is 2.93. The van der Waals surface area contributed by atoms with Crippen LogP contribution < -0.4 is 0 Å². The molecule has 0 unspecified atom stereocenters. The van der Waals surface area contributed by atoms with E-state index in [2.05, 4.69) is 87.1 Å². The van der Waals surface area contributed by atoms with E-state index >= 15 is 0 Å². The van der Waals surface area contributed by atoms with Crippen molar-refractivity contribution in [3.8, 4) is 22.3 Å². The Bertz CT molecular complexity index is 1670. The predicted octanol–water partition coefficient (Wildman–Crippen LogP) is 11.2. The van der Waals surface area contributed by atoms with E-state index in [4.69, 9.17) is 9.98 Å². The van der Waals surface area contributed by atoms with Crippen LogP contribution >= 0.6 is 67.9 Å². The van der Waals surface area contributed by atoms with Gasteiger partial charge in [-0.1, -0.05) is 24.3 Å². The number of aromatic nitrogens is 2. The van der Waals surface area contributed by atoms with Gasteiger partial charge in [0, 0.05) is 53.2 Å². The minimum absolute atomic E-state index is 0. The van der Waals surface area contributed by atoms with Crippen LogP contribution in [0, 0.1) is 34.6 Å². The smallest absolute Gasteiger partial charge is 0.0812 e. The van der Waals surface area contributed by atoms with Crippen LogP contribution in [0.15, 0.2) is 101 Å². The molecule has 0 aliphatic heterocycles. The fourth-order valence-corrected chi connectivity index (χ4v) is 4.92. The van der Waals surface area contributed by atoms with E-state index in [1.54, 1.807) is 12.4 Å². The molecule has 5 rings (SSSR count). The zero-order chi connectivity index (χ0) is 27.4. The van der Waals surface area contributed by atoms with Crippen molar-refractivity contribution in [2.24, 2.45) is 9.98 Å². The van der Waals surface area contributed by atoms with Gasteiger partial charge in [-0.2, -0.15) is 0 Å². The number of hydrogen-bond donors (Lipinski definition) is 0. The molecule has 2 aromatic heterocycles. The van der Waals surface area contributed by atoms with Crippen LogP contribution in [0.5, 0.6) is 0 Å². The third kappa shape index (κ3) is 11.6. The molecule has 0 saturated carbocycles. The fourth-order valence-electron chi connectivity index (χ4n) is 4.92. The third-order valence-electron chi connectivity index (χ3n) is 6.89. The number of aliphatic imine (C=N–C) groups is 2. The number of aryl methyl sites for hydroxylation is 5. The quantitative estimate of drug-likeness (QED) is 0.126. The predicted molar refractivity (Wildman–Crippen MR) is 205 cm³/mol. The second-order valence-corrected chi connectivity index (χ2v) is 9.97. The largest absolute Gasteiger partial charge is 0.255 e. The van der Waals surface area contributed by atoms with E-state index in [-0.39, 0.29) is 109 Å². The summed E-state index contributed by atoms with van der Waals surface area (Å²) in [6.07, 6.45) is 7.22. The van der Waals surface area contributed by atoms with Crippen molar-refractivity contribution >= 4 is 91.7 Å². The van der Waals surface area contributed by atoms with Crippen LogP contribution in [0.4, 0.5) is 11.4 Å². The average molecular weight is 1050 g/mol. The van der Waals surface area contributed by atoms with E-state index in [1.165, 1.54) is 27.8 Å². The molecule has 0 spiro atoms. The number of nitrogens with zero attached hydrogens (tertiary/aromatic N) is 4. The third-order valence-corrected chi connectivity index (χ3v) is 6.89. The van der Waals surface area contributed by atoms with Gasteiger partial charge in [-0.15, -0.1) is 67.9 Å². The molecule has 10 heteroatoms. The van der Waals surface area contributed by atoms with E-state index in [1.807, 2.05) is 48.8 Å². The first-order valence-corrected chi connectivity index (χ1v) is 13.1. The Kier molecular flexibility index (Phi) is 21.7. The number of halogens is 4. The maximum Gasteiger partial charge on any atom is 0.0812 e. The monoisotopic (exact) mass is 1040 g/mol. The Balaban J connectivity index is 0. The van der Waals surface area contributed by atoms with Crippen molar-refractivity contribution in [2.45, 2.75) is 34.6 Å². The molecule has 5 aromatic rings. The zero-order valence-corrected chi connectivity index (χ0v) is 35.3. The Labute approximate surface area is 336 Å². The van der Waals surface area contributed by atoms with E-state index < -0.39 is 0 Å². The van der Waals surface area contributed by atoms with Crippen LogP contribution in [0.1, 0.15) is 39.2 Å². The number of benzene rings is 3. The first kappa shape index (κ1) is 45.7. The molecule has 3 aromatic carbocycles. The van der Waals surface area contributed by atoms with Crippen molar-refractivity contribution in [1.82, 2.24) is 9.97 Å². The molecule has 0 aliphatic rings. The number of hydrogen-bond acceptors (Lipinski definition) is 4. The normalized spacial score (nSPS) is 9.98. The van der Waals surface area contributed by atoms with Gasteiger partial charge in [-0.25, -0.2) is 0 Å². The van der Waals surface area contributed by atoms with Crippen LogP contribution in [-0.2, 0) is 40.8 Å². The summed E-state index contributed by atoms with van der Waals surface area (Å²) in [4.78, 5) is 18.2. The topological polar surface area (TPSA) is 50.5 Å². The standard InChI is InChI=1S/C35H32N4.4BrH.2Pd/c1-23-12-13-28(29-16-24(2)34(25(3)17-29)38-21-31-10-6-8-14-36-31)20-33(23)30-18-26(4)35(27(5)19-30)39-22-32-11-7-9-15-37-32;;;;;;/h6-22H,1-5H3;4*1H;;. The number of rotatable bonds is 6. The van der Waals surface area contributed by atoms with Gasteiger partial charge >= 0.3 is 0 Å². The van der Waals surface area contributed by atoms with Crippen molar-refractivity contribution in [3.63, 3.8) is 0 Å². The van der Waals surface area contributed by atoms with Gasteiger partial charge in [-0.05, 0) is 139 Å². The molecule has 0 N–H and O–H groups in total. The zero-order valence-electron chi connectivity index (χ0n) is 25.4. The summed E-state index contributed by atoms with van der Waals surface area (Å²) >= 11 is 0. The fraction of sp³-hybridized carbons (Fsp3) is 0.143. The second-order valence-electron chi connectivity index (χ2n) is 9.97. The van der Waals surface area contributed by atoms with Crippen LogP contribution in [0.25, 0.3) is 22.3 Å². The van der Waals surface area contributed by atoms with Crippen molar-refractivity contribution in [3.05, 3.63) is 130 Å². The first-order valence-electron chi connectivity index (χ1n) is 13.1. The van der Waals surface area contributed by atoms with E-state index in [0.29, 0.717) is 0 Å². The molecular weight excluding hydrogens is 1010 g/mol. The van der Waals surface area contributed by atoms with Gasteiger partial charge in [0.25, 0.3) is 0 Å². The molecule has 0 amide bonds. The molecule has 45 heavy (non-hydrogen) atoms. The molecule has 4 nitrogen and oxygen atoms in total. The maximum atomic E-state index is 4.76. The van der Waals surface area contributed by atoms with Crippen LogP contribution in [0.3, 0.4) is 0 Å².